The lowest BCUT2D eigenvalue weighted by Gasteiger charge is -2.06. The maximum Gasteiger partial charge on any atom is 0.194 e. The van der Waals surface area contributed by atoms with E-state index >= 15 is 0 Å². The molecular formula is C15H12O3S. The van der Waals surface area contributed by atoms with Gasteiger partial charge in [0.25, 0.3) is 0 Å². The summed E-state index contributed by atoms with van der Waals surface area (Å²) >= 11 is 0. The number of fused-ring (bicyclic) bond motifs is 2. The van der Waals surface area contributed by atoms with Gasteiger partial charge in [-0.3, -0.25) is 9.00 Å². The van der Waals surface area contributed by atoms with E-state index in [-0.39, 0.29) is 5.78 Å². The van der Waals surface area contributed by atoms with E-state index in [0.29, 0.717) is 27.5 Å². The van der Waals surface area contributed by atoms with Gasteiger partial charge in [0.2, 0.25) is 0 Å². The molecule has 0 aromatic heterocycles. The van der Waals surface area contributed by atoms with Crippen LogP contribution < -0.4 is 4.74 Å². The Labute approximate surface area is 113 Å². The predicted molar refractivity (Wildman–Crippen MR) is 73.0 cm³/mol. The second kappa shape index (κ2) is 4.63. The summed E-state index contributed by atoms with van der Waals surface area (Å²) < 4.78 is 17.5. The molecule has 0 aliphatic carbocycles. The summed E-state index contributed by atoms with van der Waals surface area (Å²) in [6.45, 7) is 0. The molecule has 0 radical (unpaired) electrons. The van der Waals surface area contributed by atoms with E-state index in [1.54, 1.807) is 31.4 Å². The zero-order chi connectivity index (χ0) is 13.4. The van der Waals surface area contributed by atoms with Crippen molar-refractivity contribution < 1.29 is 13.7 Å². The van der Waals surface area contributed by atoms with E-state index in [4.69, 9.17) is 4.74 Å². The Kier molecular flexibility index (Phi) is 2.95. The van der Waals surface area contributed by atoms with Crippen LogP contribution in [-0.2, 0) is 16.6 Å². The second-order valence-corrected chi connectivity index (χ2v) is 5.76. The van der Waals surface area contributed by atoms with Crippen molar-refractivity contribution in [2.75, 3.05) is 7.11 Å². The third kappa shape index (κ3) is 1.98. The first-order valence-electron chi connectivity index (χ1n) is 5.89. The fourth-order valence-corrected chi connectivity index (χ4v) is 3.58. The minimum absolute atomic E-state index is 0.0703. The molecule has 3 rings (SSSR count). The predicted octanol–water partition coefficient (Wildman–Crippen LogP) is 2.55. The minimum atomic E-state index is -1.23. The summed E-state index contributed by atoms with van der Waals surface area (Å²) in [7, 11) is 0.326. The molecule has 96 valence electrons. The van der Waals surface area contributed by atoms with Gasteiger partial charge in [0.1, 0.15) is 5.75 Å². The van der Waals surface area contributed by atoms with Crippen LogP contribution in [0.25, 0.3) is 0 Å². The molecule has 1 aliphatic heterocycles. The third-order valence-electron chi connectivity index (χ3n) is 3.23. The average Bonchev–Trinajstić information content (AvgIpc) is 2.55. The Morgan fingerprint density at radius 3 is 2.68 bits per heavy atom. The zero-order valence-corrected chi connectivity index (χ0v) is 11.2. The van der Waals surface area contributed by atoms with E-state index in [0.717, 1.165) is 5.56 Å². The quantitative estimate of drug-likeness (QED) is 0.801. The minimum Gasteiger partial charge on any atom is -0.497 e. The lowest BCUT2D eigenvalue weighted by atomic mass is 9.99. The summed E-state index contributed by atoms with van der Waals surface area (Å²) in [6, 6.07) is 12.4. The van der Waals surface area contributed by atoms with Crippen LogP contribution in [0.15, 0.2) is 47.4 Å². The molecule has 2 aromatic carbocycles. The van der Waals surface area contributed by atoms with Crippen LogP contribution in [0.3, 0.4) is 0 Å². The highest BCUT2D eigenvalue weighted by molar-refractivity contribution is 7.84. The molecular weight excluding hydrogens is 260 g/mol. The van der Waals surface area contributed by atoms with Gasteiger partial charge in [-0.25, -0.2) is 0 Å². The fraction of sp³-hybridized carbons (Fsp3) is 0.133. The molecule has 0 bridgehead atoms. The molecule has 2 aromatic rings. The average molecular weight is 272 g/mol. The van der Waals surface area contributed by atoms with Crippen molar-refractivity contribution in [1.82, 2.24) is 0 Å². The highest BCUT2D eigenvalue weighted by Crippen LogP contribution is 2.29. The van der Waals surface area contributed by atoms with Crippen LogP contribution in [-0.4, -0.2) is 17.1 Å². The number of carbonyl (C=O) groups is 1. The first kappa shape index (κ1) is 12.1. The van der Waals surface area contributed by atoms with Gasteiger partial charge in [0.15, 0.2) is 5.78 Å². The summed E-state index contributed by atoms with van der Waals surface area (Å²) in [5.74, 6) is 0.909. The van der Waals surface area contributed by atoms with E-state index < -0.39 is 10.8 Å². The molecule has 1 atom stereocenters. The third-order valence-corrected chi connectivity index (χ3v) is 4.63. The summed E-state index contributed by atoms with van der Waals surface area (Å²) in [4.78, 5) is 13.1. The normalized spacial score (nSPS) is 17.3. The smallest absolute Gasteiger partial charge is 0.194 e. The highest BCUT2D eigenvalue weighted by Gasteiger charge is 2.25. The standard InChI is InChI=1S/C15H12O3S/c1-18-11-6-7-13-14(8-11)19(17)9-10-4-2-3-5-12(10)15(13)16/h2-8H,9H2,1H3. The molecule has 0 saturated heterocycles. The maximum absolute atomic E-state index is 12.5. The van der Waals surface area contributed by atoms with Crippen LogP contribution in [0.2, 0.25) is 0 Å². The van der Waals surface area contributed by atoms with Crippen molar-refractivity contribution in [2.24, 2.45) is 0 Å². The Morgan fingerprint density at radius 1 is 1.11 bits per heavy atom. The number of ketones is 1. The number of carbonyl (C=O) groups excluding carboxylic acids is 1. The van der Waals surface area contributed by atoms with Crippen LogP contribution in [0.4, 0.5) is 0 Å². The molecule has 1 aliphatic rings. The number of rotatable bonds is 1. The van der Waals surface area contributed by atoms with Crippen LogP contribution >= 0.6 is 0 Å². The van der Waals surface area contributed by atoms with Gasteiger partial charge < -0.3 is 4.74 Å². The van der Waals surface area contributed by atoms with Crippen LogP contribution in [0.1, 0.15) is 21.5 Å². The second-order valence-electron chi connectivity index (χ2n) is 4.34. The van der Waals surface area contributed by atoms with Gasteiger partial charge in [-0.05, 0) is 23.8 Å². The van der Waals surface area contributed by atoms with Crippen molar-refractivity contribution in [1.29, 1.82) is 0 Å². The highest BCUT2D eigenvalue weighted by atomic mass is 32.2. The SMILES string of the molecule is COc1ccc2c(c1)S(=O)Cc1ccccc1C2=O. The van der Waals surface area contributed by atoms with Crippen LogP contribution in [0, 0.1) is 0 Å². The first-order valence-corrected chi connectivity index (χ1v) is 7.21. The van der Waals surface area contributed by atoms with E-state index in [1.165, 1.54) is 0 Å². The lowest BCUT2D eigenvalue weighted by molar-refractivity contribution is 0.103. The molecule has 3 nitrogen and oxygen atoms in total. The van der Waals surface area contributed by atoms with E-state index in [1.807, 2.05) is 18.2 Å². The molecule has 0 fully saturated rings. The molecule has 0 saturated carbocycles. The van der Waals surface area contributed by atoms with Crippen molar-refractivity contribution in [3.8, 4) is 5.75 Å². The fourth-order valence-electron chi connectivity index (χ4n) is 2.24. The van der Waals surface area contributed by atoms with Crippen molar-refractivity contribution in [3.63, 3.8) is 0 Å². The molecule has 0 spiro atoms. The summed E-state index contributed by atoms with van der Waals surface area (Å²) in [5.41, 5.74) is 1.98. The lowest BCUT2D eigenvalue weighted by Crippen LogP contribution is -2.04. The maximum atomic E-state index is 12.5. The summed E-state index contributed by atoms with van der Waals surface area (Å²) in [5, 5.41) is 0. The van der Waals surface area contributed by atoms with Crippen LogP contribution in [0.5, 0.6) is 5.75 Å². The Balaban J connectivity index is 2.23. The monoisotopic (exact) mass is 272 g/mol. The largest absolute Gasteiger partial charge is 0.497 e. The topological polar surface area (TPSA) is 43.4 Å². The molecule has 1 unspecified atom stereocenters. The van der Waals surface area contributed by atoms with Gasteiger partial charge in [-0.1, -0.05) is 24.3 Å². The number of hydrogen-bond acceptors (Lipinski definition) is 3. The Morgan fingerprint density at radius 2 is 1.89 bits per heavy atom. The van der Waals surface area contributed by atoms with Crippen molar-refractivity contribution in [3.05, 3.63) is 59.2 Å². The molecule has 1 heterocycles. The molecule has 19 heavy (non-hydrogen) atoms. The summed E-state index contributed by atoms with van der Waals surface area (Å²) in [6.07, 6.45) is 0. The molecule has 4 heteroatoms. The number of hydrogen-bond donors (Lipinski definition) is 0. The van der Waals surface area contributed by atoms with E-state index in [2.05, 4.69) is 0 Å². The molecule has 0 N–H and O–H groups in total. The first-order chi connectivity index (χ1) is 9.20. The molecule has 0 amide bonds. The van der Waals surface area contributed by atoms with Gasteiger partial charge in [-0.2, -0.15) is 0 Å². The van der Waals surface area contributed by atoms with Gasteiger partial charge in [0, 0.05) is 11.1 Å². The number of methoxy groups -OCH3 is 1. The zero-order valence-electron chi connectivity index (χ0n) is 10.4. The Hall–Kier alpha value is -1.94. The number of benzene rings is 2. The van der Waals surface area contributed by atoms with Crippen molar-refractivity contribution >= 4 is 16.6 Å². The number of ether oxygens (including phenoxy) is 1. The van der Waals surface area contributed by atoms with Gasteiger partial charge in [-0.15, -0.1) is 0 Å². The Bertz CT molecular complexity index is 692. The van der Waals surface area contributed by atoms with E-state index in [9.17, 15) is 9.00 Å². The van der Waals surface area contributed by atoms with Gasteiger partial charge in [0.05, 0.1) is 28.6 Å². The van der Waals surface area contributed by atoms with Crippen molar-refractivity contribution in [2.45, 2.75) is 10.6 Å². The van der Waals surface area contributed by atoms with Gasteiger partial charge >= 0.3 is 0 Å².